The van der Waals surface area contributed by atoms with Gasteiger partial charge in [0.2, 0.25) is 0 Å². The molecular weight excluding hydrogens is 472 g/mol. The fourth-order valence-corrected chi connectivity index (χ4v) is 8.68. The molecule has 37 heavy (non-hydrogen) atoms. The summed E-state index contributed by atoms with van der Waals surface area (Å²) in [5.41, 5.74) is -3.69. The summed E-state index contributed by atoms with van der Waals surface area (Å²) in [5, 5.41) is 19.7. The first-order valence-electron chi connectivity index (χ1n) is 14.0. The van der Waals surface area contributed by atoms with Gasteiger partial charge in [-0.05, 0) is 101 Å². The highest BCUT2D eigenvalue weighted by molar-refractivity contribution is 5.77. The van der Waals surface area contributed by atoms with Crippen LogP contribution in [0.15, 0.2) is 12.1 Å². The predicted octanol–water partition coefficient (Wildman–Crippen LogP) is 7.82. The van der Waals surface area contributed by atoms with Gasteiger partial charge in [0.1, 0.15) is 23.0 Å². The predicted molar refractivity (Wildman–Crippen MR) is 139 cm³/mol. The number of benzene rings is 1. The maximum absolute atomic E-state index is 15.0. The molecule has 0 amide bonds. The molecule has 4 fully saturated rings. The van der Waals surface area contributed by atoms with Crippen LogP contribution in [0.25, 0.3) is 0 Å². The number of phenols is 1. The van der Waals surface area contributed by atoms with E-state index in [-0.39, 0.29) is 24.4 Å². The molecule has 0 aromatic heterocycles. The normalized spacial score (nSPS) is 31.9. The van der Waals surface area contributed by atoms with E-state index >= 15 is 0 Å². The van der Waals surface area contributed by atoms with Gasteiger partial charge < -0.3 is 9.84 Å². The van der Waals surface area contributed by atoms with Gasteiger partial charge >= 0.3 is 5.97 Å². The minimum Gasteiger partial charge on any atom is -0.508 e. The smallest absolute Gasteiger partial charge is 0.312 e. The maximum atomic E-state index is 15.0. The fourth-order valence-electron chi connectivity index (χ4n) is 8.68. The number of phenolic OH excluding ortho intramolecular Hbond substituents is 1. The first-order chi connectivity index (χ1) is 17.2. The Morgan fingerprint density at radius 2 is 1.54 bits per heavy atom. The first-order valence-corrected chi connectivity index (χ1v) is 14.0. The van der Waals surface area contributed by atoms with Crippen LogP contribution < -0.4 is 0 Å². The van der Waals surface area contributed by atoms with Crippen molar-refractivity contribution in [1.82, 2.24) is 0 Å². The zero-order valence-corrected chi connectivity index (χ0v) is 23.3. The lowest BCUT2D eigenvalue weighted by atomic mass is 9.49. The highest BCUT2D eigenvalue weighted by Gasteiger charge is 2.60. The number of aromatic hydroxyl groups is 1. The molecule has 4 aliphatic rings. The Morgan fingerprint density at radius 3 is 1.97 bits per heavy atom. The van der Waals surface area contributed by atoms with Crippen molar-refractivity contribution in [2.24, 2.45) is 34.5 Å². The van der Waals surface area contributed by atoms with Gasteiger partial charge in [0.05, 0.1) is 16.9 Å². The molecule has 4 bridgehead atoms. The van der Waals surface area contributed by atoms with E-state index in [9.17, 15) is 23.9 Å². The van der Waals surface area contributed by atoms with E-state index in [1.54, 1.807) is 20.8 Å². The van der Waals surface area contributed by atoms with Crippen molar-refractivity contribution in [3.63, 3.8) is 0 Å². The first kappa shape index (κ1) is 27.9. The van der Waals surface area contributed by atoms with Gasteiger partial charge in [0.25, 0.3) is 0 Å². The number of nitrogens with zero attached hydrogens (tertiary/aromatic N) is 1. The Bertz CT molecular complexity index is 1040. The maximum Gasteiger partial charge on any atom is 0.312 e. The molecule has 0 radical (unpaired) electrons. The molecule has 4 saturated carbocycles. The molecule has 0 saturated heterocycles. The summed E-state index contributed by atoms with van der Waals surface area (Å²) in [7, 11) is 0. The van der Waals surface area contributed by atoms with Crippen molar-refractivity contribution in [3.05, 3.63) is 29.3 Å². The van der Waals surface area contributed by atoms with Crippen molar-refractivity contribution < 1.29 is 23.4 Å². The number of esters is 1. The molecule has 2 unspecified atom stereocenters. The second kappa shape index (κ2) is 9.54. The van der Waals surface area contributed by atoms with E-state index in [2.05, 4.69) is 13.0 Å². The van der Waals surface area contributed by atoms with Gasteiger partial charge in [-0.15, -0.1) is 0 Å². The lowest BCUT2D eigenvalue weighted by Gasteiger charge is -2.60. The molecular formula is C31H43F2NO3. The molecule has 1 N–H and O–H groups in total. The minimum absolute atomic E-state index is 0.106. The summed E-state index contributed by atoms with van der Waals surface area (Å²) in [5.74, 6) is -0.352. The number of carbonyl (C=O) groups is 1. The molecule has 2 atom stereocenters. The highest BCUT2D eigenvalue weighted by atomic mass is 19.1. The number of carbonyl (C=O) groups excluding carboxylic acids is 1. The second-order valence-electron chi connectivity index (χ2n) is 13.6. The zero-order chi connectivity index (χ0) is 27.4. The average Bonchev–Trinajstić information content (AvgIpc) is 2.79. The van der Waals surface area contributed by atoms with Crippen LogP contribution in [-0.4, -0.2) is 16.7 Å². The lowest BCUT2D eigenvalue weighted by Crippen LogP contribution is -2.60. The third kappa shape index (κ3) is 4.88. The van der Waals surface area contributed by atoms with Crippen molar-refractivity contribution in [2.75, 3.05) is 0 Å². The summed E-state index contributed by atoms with van der Waals surface area (Å²) < 4.78 is 36.6. The van der Waals surface area contributed by atoms with Crippen molar-refractivity contribution in [1.29, 1.82) is 5.26 Å². The van der Waals surface area contributed by atoms with Crippen molar-refractivity contribution in [3.8, 4) is 11.8 Å². The summed E-state index contributed by atoms with van der Waals surface area (Å²) in [6.45, 7) is 11.1. The number of rotatable bonds is 9. The van der Waals surface area contributed by atoms with E-state index < -0.39 is 39.2 Å². The van der Waals surface area contributed by atoms with Gasteiger partial charge in [-0.3, -0.25) is 4.79 Å². The quantitative estimate of drug-likeness (QED) is 0.340. The number of ether oxygens (including phenoxy) is 1. The number of hydrogen-bond acceptors (Lipinski definition) is 4. The van der Waals surface area contributed by atoms with E-state index in [4.69, 9.17) is 4.74 Å². The molecule has 6 heteroatoms. The van der Waals surface area contributed by atoms with E-state index in [1.165, 1.54) is 6.42 Å². The standard InChI is InChI=1S/C31H43F2NO3/c1-7-29(5,18-34)17-30(6,16-28(3,4)26-24(32)14-23(35)15-25(26)33)27(36)37-31(8-2)21-10-19-9-20(12-21)13-22(31)11-19/h14-15,19-22,35H,7-13,16-17H2,1-6H3. The highest BCUT2D eigenvalue weighted by Crippen LogP contribution is 2.61. The molecule has 0 heterocycles. The fraction of sp³-hybridized carbons (Fsp3) is 0.742. The number of halogens is 2. The number of nitriles is 1. The van der Waals surface area contributed by atoms with Gasteiger partial charge in [-0.2, -0.15) is 5.26 Å². The van der Waals surface area contributed by atoms with Crippen LogP contribution in [0.4, 0.5) is 8.78 Å². The van der Waals surface area contributed by atoms with Gasteiger partial charge in [0, 0.05) is 17.7 Å². The topological polar surface area (TPSA) is 70.3 Å². The molecule has 0 spiro atoms. The van der Waals surface area contributed by atoms with Crippen LogP contribution in [0.3, 0.4) is 0 Å². The zero-order valence-electron chi connectivity index (χ0n) is 23.3. The Balaban J connectivity index is 1.70. The summed E-state index contributed by atoms with van der Waals surface area (Å²) in [4.78, 5) is 14.3. The Labute approximate surface area is 220 Å². The molecule has 0 aliphatic heterocycles. The molecule has 4 aliphatic carbocycles. The van der Waals surface area contributed by atoms with Gasteiger partial charge in [0.15, 0.2) is 0 Å². The summed E-state index contributed by atoms with van der Waals surface area (Å²) in [6, 6.07) is 4.19. The van der Waals surface area contributed by atoms with Crippen LogP contribution in [-0.2, 0) is 14.9 Å². The van der Waals surface area contributed by atoms with E-state index in [0.29, 0.717) is 18.3 Å². The van der Waals surface area contributed by atoms with Crippen LogP contribution >= 0.6 is 0 Å². The SMILES string of the molecule is CCC(C)(C#N)CC(C)(CC(C)(C)c1c(F)cc(O)cc1F)C(=O)OC1(CC)C2CC3CC(C2)CC1C3. The summed E-state index contributed by atoms with van der Waals surface area (Å²) >= 11 is 0. The van der Waals surface area contributed by atoms with Crippen molar-refractivity contribution in [2.45, 2.75) is 110 Å². The molecule has 1 aromatic carbocycles. The third-order valence-corrected chi connectivity index (χ3v) is 10.2. The third-order valence-electron chi connectivity index (χ3n) is 10.2. The van der Waals surface area contributed by atoms with Crippen LogP contribution in [0.2, 0.25) is 0 Å². The van der Waals surface area contributed by atoms with Crippen molar-refractivity contribution >= 4 is 5.97 Å². The molecule has 5 rings (SSSR count). The Kier molecular flexibility index (Phi) is 7.19. The largest absolute Gasteiger partial charge is 0.508 e. The van der Waals surface area contributed by atoms with Gasteiger partial charge in [-0.1, -0.05) is 27.7 Å². The molecule has 4 nitrogen and oxygen atoms in total. The number of hydrogen-bond donors (Lipinski definition) is 1. The average molecular weight is 516 g/mol. The molecule has 204 valence electrons. The van der Waals surface area contributed by atoms with E-state index in [1.807, 2.05) is 13.8 Å². The minimum atomic E-state index is -1.14. The van der Waals surface area contributed by atoms with Crippen LogP contribution in [0.1, 0.15) is 105 Å². The Hall–Kier alpha value is -2.16. The van der Waals surface area contributed by atoms with Crippen LogP contribution in [0, 0.1) is 57.5 Å². The van der Waals surface area contributed by atoms with E-state index in [0.717, 1.165) is 56.1 Å². The Morgan fingerprint density at radius 1 is 1.03 bits per heavy atom. The van der Waals surface area contributed by atoms with Crippen LogP contribution in [0.5, 0.6) is 5.75 Å². The second-order valence-corrected chi connectivity index (χ2v) is 13.6. The molecule has 1 aromatic rings. The summed E-state index contributed by atoms with van der Waals surface area (Å²) in [6.07, 6.45) is 7.35. The monoisotopic (exact) mass is 515 g/mol. The van der Waals surface area contributed by atoms with Gasteiger partial charge in [-0.25, -0.2) is 8.78 Å². The lowest BCUT2D eigenvalue weighted by molar-refractivity contribution is -0.221.